The fraction of sp³-hybridized carbons (Fsp3) is 0.500. The Kier molecular flexibility index (Phi) is 3.85. The van der Waals surface area contributed by atoms with E-state index in [1.807, 2.05) is 0 Å². The van der Waals surface area contributed by atoms with Crippen LogP contribution < -0.4 is 0 Å². The molecule has 1 heterocycles. The molecule has 3 rings (SSSR count). The van der Waals surface area contributed by atoms with E-state index >= 15 is 0 Å². The quantitative estimate of drug-likeness (QED) is 0.930. The number of nitrogens with zero attached hydrogens (tertiary/aromatic N) is 1. The maximum atomic E-state index is 13.8. The molecule has 118 valence electrons. The second-order valence-electron chi connectivity index (χ2n) is 6.04. The fourth-order valence-electron chi connectivity index (χ4n) is 3.37. The molecule has 3 unspecified atom stereocenters. The molecule has 0 radical (unpaired) electrons. The summed E-state index contributed by atoms with van der Waals surface area (Å²) in [6.45, 7) is 0.561. The molecule has 1 amide bonds. The summed E-state index contributed by atoms with van der Waals surface area (Å²) in [6, 6.07) is 3.16. The van der Waals surface area contributed by atoms with E-state index in [1.165, 1.54) is 12.1 Å². The van der Waals surface area contributed by atoms with Gasteiger partial charge in [-0.1, -0.05) is 6.07 Å². The largest absolute Gasteiger partial charge is 0.481 e. The summed E-state index contributed by atoms with van der Waals surface area (Å²) in [5.74, 6) is -2.80. The number of aliphatic carboxylic acids is 1. The SMILES string of the molecule is O=C(O)CC1CCCN1C(=O)C1CC1c1ccc(F)cc1F. The van der Waals surface area contributed by atoms with Crippen LogP contribution in [0.2, 0.25) is 0 Å². The predicted octanol–water partition coefficient (Wildman–Crippen LogP) is 2.53. The van der Waals surface area contributed by atoms with Gasteiger partial charge in [0.1, 0.15) is 11.6 Å². The van der Waals surface area contributed by atoms with E-state index in [-0.39, 0.29) is 30.2 Å². The molecule has 1 N–H and O–H groups in total. The molecular formula is C16H17F2NO3. The highest BCUT2D eigenvalue weighted by Crippen LogP contribution is 2.50. The topological polar surface area (TPSA) is 57.6 Å². The van der Waals surface area contributed by atoms with Gasteiger partial charge in [-0.3, -0.25) is 9.59 Å². The van der Waals surface area contributed by atoms with Crippen molar-refractivity contribution in [3.63, 3.8) is 0 Å². The molecule has 1 aromatic rings. The summed E-state index contributed by atoms with van der Waals surface area (Å²) in [7, 11) is 0. The summed E-state index contributed by atoms with van der Waals surface area (Å²) in [6.07, 6.45) is 1.98. The molecule has 0 bridgehead atoms. The fourth-order valence-corrected chi connectivity index (χ4v) is 3.37. The van der Waals surface area contributed by atoms with Crippen molar-refractivity contribution in [2.24, 2.45) is 5.92 Å². The number of hydrogen-bond acceptors (Lipinski definition) is 2. The highest BCUT2D eigenvalue weighted by Gasteiger charge is 2.48. The third-order valence-corrected chi connectivity index (χ3v) is 4.54. The van der Waals surface area contributed by atoms with Crippen molar-refractivity contribution in [2.75, 3.05) is 6.54 Å². The van der Waals surface area contributed by atoms with Gasteiger partial charge < -0.3 is 10.0 Å². The van der Waals surface area contributed by atoms with Crippen molar-refractivity contribution >= 4 is 11.9 Å². The molecule has 1 saturated carbocycles. The van der Waals surface area contributed by atoms with Gasteiger partial charge in [-0.15, -0.1) is 0 Å². The number of carbonyl (C=O) groups is 2. The first-order valence-electron chi connectivity index (χ1n) is 7.44. The minimum atomic E-state index is -0.915. The second-order valence-corrected chi connectivity index (χ2v) is 6.04. The summed E-state index contributed by atoms with van der Waals surface area (Å²) in [4.78, 5) is 25.0. The van der Waals surface area contributed by atoms with Crippen LogP contribution in [0.5, 0.6) is 0 Å². The van der Waals surface area contributed by atoms with E-state index in [0.29, 0.717) is 24.9 Å². The minimum absolute atomic E-state index is 0.0476. The monoisotopic (exact) mass is 309 g/mol. The lowest BCUT2D eigenvalue weighted by Gasteiger charge is -2.23. The normalized spacial score (nSPS) is 27.0. The van der Waals surface area contributed by atoms with Gasteiger partial charge in [-0.05, 0) is 36.8 Å². The Hall–Kier alpha value is -1.98. The Bertz CT molecular complexity index is 619. The lowest BCUT2D eigenvalue weighted by molar-refractivity contribution is -0.140. The van der Waals surface area contributed by atoms with Crippen LogP contribution in [0, 0.1) is 17.6 Å². The van der Waals surface area contributed by atoms with Crippen LogP contribution in [0.1, 0.15) is 37.2 Å². The van der Waals surface area contributed by atoms with Crippen molar-refractivity contribution in [3.05, 3.63) is 35.4 Å². The zero-order valence-electron chi connectivity index (χ0n) is 12.0. The molecule has 4 nitrogen and oxygen atoms in total. The number of amides is 1. The molecular weight excluding hydrogens is 292 g/mol. The van der Waals surface area contributed by atoms with Crippen molar-refractivity contribution in [3.8, 4) is 0 Å². The summed E-state index contributed by atoms with van der Waals surface area (Å²) in [5.41, 5.74) is 0.369. The Morgan fingerprint density at radius 3 is 2.77 bits per heavy atom. The van der Waals surface area contributed by atoms with Crippen LogP contribution in [0.15, 0.2) is 18.2 Å². The third-order valence-electron chi connectivity index (χ3n) is 4.54. The van der Waals surface area contributed by atoms with Gasteiger partial charge in [0.2, 0.25) is 5.91 Å². The van der Waals surface area contributed by atoms with E-state index < -0.39 is 17.6 Å². The Morgan fingerprint density at radius 1 is 1.32 bits per heavy atom. The van der Waals surface area contributed by atoms with E-state index in [0.717, 1.165) is 12.5 Å². The first kappa shape index (κ1) is 14.9. The molecule has 1 aliphatic carbocycles. The maximum absolute atomic E-state index is 13.8. The van der Waals surface area contributed by atoms with Crippen LogP contribution in [-0.2, 0) is 9.59 Å². The van der Waals surface area contributed by atoms with Crippen molar-refractivity contribution < 1.29 is 23.5 Å². The molecule has 0 aromatic heterocycles. The van der Waals surface area contributed by atoms with Gasteiger partial charge in [0.15, 0.2) is 0 Å². The number of rotatable bonds is 4. The van der Waals surface area contributed by atoms with Gasteiger partial charge in [0.25, 0.3) is 0 Å². The average molecular weight is 309 g/mol. The number of carboxylic acids is 1. The Balaban J connectivity index is 1.68. The first-order chi connectivity index (χ1) is 10.5. The van der Waals surface area contributed by atoms with Crippen LogP contribution in [0.4, 0.5) is 8.78 Å². The van der Waals surface area contributed by atoms with Gasteiger partial charge in [0, 0.05) is 24.6 Å². The molecule has 2 fully saturated rings. The van der Waals surface area contributed by atoms with E-state index in [2.05, 4.69) is 0 Å². The van der Waals surface area contributed by atoms with Crippen LogP contribution in [0.3, 0.4) is 0 Å². The van der Waals surface area contributed by atoms with Crippen LogP contribution in [-0.4, -0.2) is 34.5 Å². The molecule has 1 aliphatic heterocycles. The Labute approximate surface area is 126 Å². The molecule has 1 aromatic carbocycles. The number of halogens is 2. The van der Waals surface area contributed by atoms with Crippen LogP contribution >= 0.6 is 0 Å². The number of likely N-dealkylation sites (tertiary alicyclic amines) is 1. The predicted molar refractivity (Wildman–Crippen MR) is 74.2 cm³/mol. The minimum Gasteiger partial charge on any atom is -0.481 e. The highest BCUT2D eigenvalue weighted by molar-refractivity contribution is 5.84. The van der Waals surface area contributed by atoms with Crippen molar-refractivity contribution in [1.82, 2.24) is 4.90 Å². The summed E-state index contributed by atoms with van der Waals surface area (Å²) < 4.78 is 26.7. The number of carboxylic acid groups (broad SMARTS) is 1. The number of hydrogen-bond donors (Lipinski definition) is 1. The molecule has 3 atom stereocenters. The van der Waals surface area contributed by atoms with Crippen molar-refractivity contribution in [1.29, 1.82) is 0 Å². The standard InChI is InChI=1S/C16H17F2NO3/c17-9-3-4-11(14(18)6-9)12-8-13(12)16(22)19-5-1-2-10(19)7-15(20)21/h3-4,6,10,12-13H,1-2,5,7-8H2,(H,20,21). The lowest BCUT2D eigenvalue weighted by Crippen LogP contribution is -2.38. The van der Waals surface area contributed by atoms with E-state index in [9.17, 15) is 18.4 Å². The maximum Gasteiger partial charge on any atom is 0.305 e. The smallest absolute Gasteiger partial charge is 0.305 e. The van der Waals surface area contributed by atoms with E-state index in [1.54, 1.807) is 4.90 Å². The zero-order chi connectivity index (χ0) is 15.9. The summed E-state index contributed by atoms with van der Waals surface area (Å²) in [5, 5.41) is 8.90. The van der Waals surface area contributed by atoms with Gasteiger partial charge in [-0.2, -0.15) is 0 Å². The second kappa shape index (κ2) is 5.66. The number of benzene rings is 1. The zero-order valence-corrected chi connectivity index (χ0v) is 12.0. The Morgan fingerprint density at radius 2 is 2.09 bits per heavy atom. The first-order valence-corrected chi connectivity index (χ1v) is 7.44. The molecule has 22 heavy (non-hydrogen) atoms. The molecule has 6 heteroatoms. The molecule has 1 saturated heterocycles. The van der Waals surface area contributed by atoms with Gasteiger partial charge in [-0.25, -0.2) is 8.78 Å². The third kappa shape index (κ3) is 2.82. The van der Waals surface area contributed by atoms with Crippen molar-refractivity contribution in [2.45, 2.75) is 37.6 Å². The lowest BCUT2D eigenvalue weighted by atomic mass is 10.1. The highest BCUT2D eigenvalue weighted by atomic mass is 19.1. The number of carbonyl (C=O) groups excluding carboxylic acids is 1. The van der Waals surface area contributed by atoms with Gasteiger partial charge in [0.05, 0.1) is 6.42 Å². The van der Waals surface area contributed by atoms with Gasteiger partial charge >= 0.3 is 5.97 Å². The van der Waals surface area contributed by atoms with E-state index in [4.69, 9.17) is 5.11 Å². The average Bonchev–Trinajstić information content (AvgIpc) is 3.09. The van der Waals surface area contributed by atoms with Crippen LogP contribution in [0.25, 0.3) is 0 Å². The molecule has 0 spiro atoms. The summed E-state index contributed by atoms with van der Waals surface area (Å²) >= 11 is 0. The molecule has 2 aliphatic rings.